The van der Waals surface area contributed by atoms with Crippen LogP contribution in [-0.4, -0.2) is 29.1 Å². The van der Waals surface area contributed by atoms with Crippen LogP contribution >= 0.6 is 11.6 Å². The maximum absolute atomic E-state index is 12.5. The van der Waals surface area contributed by atoms with Crippen molar-refractivity contribution >= 4 is 23.2 Å². The van der Waals surface area contributed by atoms with E-state index in [1.165, 1.54) is 0 Å². The monoisotopic (exact) mass is 317 g/mol. The molecule has 2 N–H and O–H groups in total. The standard InChI is InChI=1S/C16H16ClN3O2/c17-12-3-4-15-11(10-12)5-8-20(15)19-16(22)13-2-1-7-18-14(13)6-9-21/h1-4,7,10,21H,5-6,8-9H2,(H,19,22). The number of fused-ring (bicyclic) bond motifs is 1. The summed E-state index contributed by atoms with van der Waals surface area (Å²) in [5.41, 5.74) is 6.06. The Morgan fingerprint density at radius 3 is 3.09 bits per heavy atom. The van der Waals surface area contributed by atoms with Crippen molar-refractivity contribution in [1.82, 2.24) is 10.4 Å². The lowest BCUT2D eigenvalue weighted by molar-refractivity contribution is 0.0948. The SMILES string of the molecule is O=C(NN1CCc2cc(Cl)ccc21)c1cccnc1CCO. The zero-order chi connectivity index (χ0) is 15.5. The summed E-state index contributed by atoms with van der Waals surface area (Å²) < 4.78 is 0. The van der Waals surface area contributed by atoms with Gasteiger partial charge in [0, 0.05) is 30.8 Å². The Hall–Kier alpha value is -2.11. The summed E-state index contributed by atoms with van der Waals surface area (Å²) in [6.07, 6.45) is 2.82. The van der Waals surface area contributed by atoms with Gasteiger partial charge in [-0.1, -0.05) is 11.6 Å². The molecule has 0 atom stereocenters. The number of carbonyl (C=O) groups excluding carboxylic acids is 1. The maximum Gasteiger partial charge on any atom is 0.271 e. The quantitative estimate of drug-likeness (QED) is 0.905. The first-order valence-corrected chi connectivity index (χ1v) is 7.48. The minimum Gasteiger partial charge on any atom is -0.396 e. The molecule has 0 saturated carbocycles. The first-order valence-electron chi connectivity index (χ1n) is 7.11. The second-order valence-electron chi connectivity index (χ2n) is 5.09. The van der Waals surface area contributed by atoms with Crippen LogP contribution < -0.4 is 10.4 Å². The maximum atomic E-state index is 12.5. The van der Waals surface area contributed by atoms with Gasteiger partial charge in [-0.25, -0.2) is 0 Å². The fourth-order valence-corrected chi connectivity index (χ4v) is 2.81. The molecule has 6 heteroatoms. The van der Waals surface area contributed by atoms with Crippen LogP contribution in [0.1, 0.15) is 21.6 Å². The largest absolute Gasteiger partial charge is 0.396 e. The van der Waals surface area contributed by atoms with Crippen LogP contribution in [0, 0.1) is 0 Å². The molecule has 1 amide bonds. The molecular weight excluding hydrogens is 302 g/mol. The number of anilines is 1. The van der Waals surface area contributed by atoms with E-state index >= 15 is 0 Å². The topological polar surface area (TPSA) is 65.5 Å². The van der Waals surface area contributed by atoms with Crippen LogP contribution in [0.4, 0.5) is 5.69 Å². The highest BCUT2D eigenvalue weighted by atomic mass is 35.5. The lowest BCUT2D eigenvalue weighted by Crippen LogP contribution is -2.41. The van der Waals surface area contributed by atoms with Gasteiger partial charge >= 0.3 is 0 Å². The van der Waals surface area contributed by atoms with E-state index in [1.807, 2.05) is 23.2 Å². The number of nitrogens with one attached hydrogen (secondary N) is 1. The zero-order valence-electron chi connectivity index (χ0n) is 11.9. The third kappa shape index (κ3) is 2.91. The summed E-state index contributed by atoms with van der Waals surface area (Å²) in [7, 11) is 0. The third-order valence-electron chi connectivity index (χ3n) is 3.66. The van der Waals surface area contributed by atoms with Crippen molar-refractivity contribution in [1.29, 1.82) is 0 Å². The molecule has 0 spiro atoms. The van der Waals surface area contributed by atoms with Crippen LogP contribution in [0.5, 0.6) is 0 Å². The molecule has 2 aromatic rings. The highest BCUT2D eigenvalue weighted by molar-refractivity contribution is 6.30. The van der Waals surface area contributed by atoms with Crippen molar-refractivity contribution in [2.75, 3.05) is 18.2 Å². The van der Waals surface area contributed by atoms with Gasteiger partial charge in [0.2, 0.25) is 0 Å². The van der Waals surface area contributed by atoms with E-state index in [0.29, 0.717) is 29.2 Å². The number of nitrogens with zero attached hydrogens (tertiary/aromatic N) is 2. The second kappa shape index (κ2) is 6.34. The third-order valence-corrected chi connectivity index (χ3v) is 3.89. The van der Waals surface area contributed by atoms with Gasteiger partial charge < -0.3 is 5.11 Å². The normalized spacial score (nSPS) is 13.1. The van der Waals surface area contributed by atoms with Crippen molar-refractivity contribution in [2.45, 2.75) is 12.8 Å². The number of rotatable bonds is 4. The van der Waals surface area contributed by atoms with Crippen LogP contribution in [0.3, 0.4) is 0 Å². The Bertz CT molecular complexity index is 706. The molecule has 5 nitrogen and oxygen atoms in total. The van der Waals surface area contributed by atoms with Crippen molar-refractivity contribution in [2.24, 2.45) is 0 Å². The van der Waals surface area contributed by atoms with Gasteiger partial charge in [0.05, 0.1) is 16.9 Å². The summed E-state index contributed by atoms with van der Waals surface area (Å²) in [4.78, 5) is 16.6. The smallest absolute Gasteiger partial charge is 0.271 e. The molecule has 0 unspecified atom stereocenters. The molecular formula is C16H16ClN3O2. The van der Waals surface area contributed by atoms with Gasteiger partial charge in [-0.15, -0.1) is 0 Å². The van der Waals surface area contributed by atoms with Gasteiger partial charge in [-0.2, -0.15) is 0 Å². The van der Waals surface area contributed by atoms with Crippen molar-refractivity contribution in [3.63, 3.8) is 0 Å². The molecule has 2 heterocycles. The molecule has 1 aliphatic rings. The predicted octanol–water partition coefficient (Wildman–Crippen LogP) is 1.98. The molecule has 22 heavy (non-hydrogen) atoms. The number of benzene rings is 1. The Morgan fingerprint density at radius 1 is 1.41 bits per heavy atom. The molecule has 1 aromatic carbocycles. The van der Waals surface area contributed by atoms with Gasteiger partial charge in [0.1, 0.15) is 0 Å². The highest BCUT2D eigenvalue weighted by Gasteiger charge is 2.22. The number of hydrogen-bond donors (Lipinski definition) is 2. The Morgan fingerprint density at radius 2 is 2.27 bits per heavy atom. The molecule has 0 aliphatic carbocycles. The highest BCUT2D eigenvalue weighted by Crippen LogP contribution is 2.29. The van der Waals surface area contributed by atoms with Crippen LogP contribution in [0.15, 0.2) is 36.5 Å². The fourth-order valence-electron chi connectivity index (χ4n) is 2.62. The van der Waals surface area contributed by atoms with Crippen molar-refractivity contribution in [3.8, 4) is 0 Å². The van der Waals surface area contributed by atoms with Gasteiger partial charge in [0.15, 0.2) is 0 Å². The zero-order valence-corrected chi connectivity index (χ0v) is 12.7. The number of halogens is 1. The molecule has 0 radical (unpaired) electrons. The van der Waals surface area contributed by atoms with E-state index in [4.69, 9.17) is 16.7 Å². The van der Waals surface area contributed by atoms with Crippen LogP contribution in [0.25, 0.3) is 0 Å². The minimum atomic E-state index is -0.223. The van der Waals surface area contributed by atoms with Gasteiger partial charge in [-0.3, -0.25) is 20.2 Å². The molecule has 0 fully saturated rings. The summed E-state index contributed by atoms with van der Waals surface area (Å²) in [5.74, 6) is -0.223. The average molecular weight is 318 g/mol. The Balaban J connectivity index is 1.79. The van der Waals surface area contributed by atoms with E-state index in [1.54, 1.807) is 18.3 Å². The molecule has 1 aliphatic heterocycles. The van der Waals surface area contributed by atoms with Crippen LogP contribution in [-0.2, 0) is 12.8 Å². The second-order valence-corrected chi connectivity index (χ2v) is 5.52. The average Bonchev–Trinajstić information content (AvgIpc) is 2.90. The first kappa shape index (κ1) is 14.8. The Labute approximate surface area is 133 Å². The fraction of sp³-hybridized carbons (Fsp3) is 0.250. The van der Waals surface area contributed by atoms with E-state index in [-0.39, 0.29) is 12.5 Å². The number of aliphatic hydroxyl groups is 1. The summed E-state index contributed by atoms with van der Waals surface area (Å²) in [6, 6.07) is 9.07. The number of pyridine rings is 1. The molecule has 0 bridgehead atoms. The van der Waals surface area contributed by atoms with E-state index < -0.39 is 0 Å². The molecule has 0 saturated heterocycles. The number of amides is 1. The van der Waals surface area contributed by atoms with Crippen molar-refractivity contribution in [3.05, 3.63) is 58.4 Å². The predicted molar refractivity (Wildman–Crippen MR) is 85.0 cm³/mol. The first-order chi connectivity index (χ1) is 10.7. The summed E-state index contributed by atoms with van der Waals surface area (Å²) >= 11 is 5.99. The molecule has 114 valence electrons. The van der Waals surface area contributed by atoms with Gasteiger partial charge in [-0.05, 0) is 42.3 Å². The summed E-state index contributed by atoms with van der Waals surface area (Å²) in [5, 5.41) is 11.6. The van der Waals surface area contributed by atoms with Crippen molar-refractivity contribution < 1.29 is 9.90 Å². The number of hydrazine groups is 1. The lowest BCUT2D eigenvalue weighted by Gasteiger charge is -2.21. The molecule has 3 rings (SSSR count). The Kier molecular flexibility index (Phi) is 4.27. The van der Waals surface area contributed by atoms with E-state index in [0.717, 1.165) is 17.7 Å². The summed E-state index contributed by atoms with van der Waals surface area (Å²) in [6.45, 7) is 0.666. The van der Waals surface area contributed by atoms with Crippen LogP contribution in [0.2, 0.25) is 5.02 Å². The molecule has 1 aromatic heterocycles. The number of aliphatic hydroxyl groups excluding tert-OH is 1. The van der Waals surface area contributed by atoms with Gasteiger partial charge in [0.25, 0.3) is 5.91 Å². The number of aromatic nitrogens is 1. The lowest BCUT2D eigenvalue weighted by atomic mass is 10.1. The number of hydrogen-bond acceptors (Lipinski definition) is 4. The van der Waals surface area contributed by atoms with E-state index in [9.17, 15) is 4.79 Å². The minimum absolute atomic E-state index is 0.0393. The number of carbonyl (C=O) groups is 1. The van der Waals surface area contributed by atoms with E-state index in [2.05, 4.69) is 10.4 Å².